The number of anilines is 1. The van der Waals surface area contributed by atoms with Gasteiger partial charge in [-0.15, -0.1) is 0 Å². The van der Waals surface area contributed by atoms with Gasteiger partial charge in [-0.2, -0.15) is 10.2 Å². The van der Waals surface area contributed by atoms with Crippen molar-refractivity contribution in [2.45, 2.75) is 12.5 Å². The number of nitro benzene ring substituents is 1. The second kappa shape index (κ2) is 12.1. The maximum Gasteiger partial charge on any atom is 0.282 e. The van der Waals surface area contributed by atoms with Gasteiger partial charge in [-0.05, 0) is 71.3 Å². The lowest BCUT2D eigenvalue weighted by molar-refractivity contribution is -0.385. The van der Waals surface area contributed by atoms with Gasteiger partial charge in [-0.25, -0.2) is 5.43 Å². The molecule has 1 N–H and O–H groups in total. The van der Waals surface area contributed by atoms with Gasteiger partial charge in [0.1, 0.15) is 17.1 Å². The molecule has 1 amide bonds. The van der Waals surface area contributed by atoms with Gasteiger partial charge >= 0.3 is 0 Å². The molecule has 4 aromatic rings. The Hall–Kier alpha value is -5.51. The number of hydrazone groups is 2. The summed E-state index contributed by atoms with van der Waals surface area (Å²) in [6.07, 6.45) is 2.19. The van der Waals surface area contributed by atoms with E-state index in [1.54, 1.807) is 20.3 Å². The Morgan fingerprint density at radius 2 is 1.59 bits per heavy atom. The lowest BCUT2D eigenvalue weighted by Crippen LogP contribution is -2.19. The van der Waals surface area contributed by atoms with Crippen LogP contribution >= 0.6 is 0 Å². The Morgan fingerprint density at radius 3 is 2.22 bits per heavy atom. The number of hydrogen-bond donors (Lipinski definition) is 1. The Bertz CT molecular complexity index is 1600. The first kappa shape index (κ1) is 27.1. The molecule has 0 saturated carbocycles. The summed E-state index contributed by atoms with van der Waals surface area (Å²) in [4.78, 5) is 23.0. The quantitative estimate of drug-likeness (QED) is 0.162. The van der Waals surface area contributed by atoms with Crippen molar-refractivity contribution in [3.8, 4) is 11.5 Å². The van der Waals surface area contributed by atoms with Crippen molar-refractivity contribution in [3.63, 3.8) is 0 Å². The third kappa shape index (κ3) is 6.06. The molecule has 41 heavy (non-hydrogen) atoms. The van der Waals surface area contributed by atoms with E-state index in [0.29, 0.717) is 6.42 Å². The summed E-state index contributed by atoms with van der Waals surface area (Å²) in [6, 6.07) is 29.1. The molecule has 1 unspecified atom stereocenters. The first-order valence-electron chi connectivity index (χ1n) is 12.8. The fraction of sp³-hybridized carbons (Fsp3) is 0.129. The molecule has 1 aliphatic rings. The first-order valence-corrected chi connectivity index (χ1v) is 12.8. The number of benzene rings is 4. The van der Waals surface area contributed by atoms with E-state index in [1.165, 1.54) is 24.4 Å². The zero-order chi connectivity index (χ0) is 28.8. The topological polar surface area (TPSA) is 119 Å². The maximum absolute atomic E-state index is 12.4. The van der Waals surface area contributed by atoms with Crippen LogP contribution in [0.2, 0.25) is 0 Å². The molecule has 0 spiro atoms. The van der Waals surface area contributed by atoms with Gasteiger partial charge in [0, 0.05) is 12.5 Å². The first-order chi connectivity index (χ1) is 20.0. The standard InChI is InChI=1S/C31H27N5O5/c1-40-25-15-9-22(10-16-25)28-19-30(23-11-17-26(41-2)18-12-23)35(34-28)24-13-7-21(8-14-24)20-32-33-31(37)27-5-3-4-6-29(27)36(38)39/h3-18,20,30H,19H2,1-2H3,(H,33,37)/b32-20+. The number of methoxy groups -OCH3 is 2. The molecular weight excluding hydrogens is 522 g/mol. The zero-order valence-corrected chi connectivity index (χ0v) is 22.4. The number of nitrogens with zero attached hydrogens (tertiary/aromatic N) is 4. The van der Waals surface area contributed by atoms with Crippen LogP contribution in [0.5, 0.6) is 11.5 Å². The molecule has 10 heteroatoms. The van der Waals surface area contributed by atoms with E-state index in [0.717, 1.165) is 39.6 Å². The molecule has 0 fully saturated rings. The number of carbonyl (C=O) groups excluding carboxylic acids is 1. The number of nitro groups is 1. The highest BCUT2D eigenvalue weighted by atomic mass is 16.6. The van der Waals surface area contributed by atoms with E-state index < -0.39 is 10.8 Å². The van der Waals surface area contributed by atoms with Gasteiger partial charge in [-0.1, -0.05) is 36.4 Å². The summed E-state index contributed by atoms with van der Waals surface area (Å²) in [5.74, 6) is 0.906. The second-order valence-electron chi connectivity index (χ2n) is 9.18. The summed E-state index contributed by atoms with van der Waals surface area (Å²) in [6.45, 7) is 0. The smallest absolute Gasteiger partial charge is 0.282 e. The van der Waals surface area contributed by atoms with Crippen molar-refractivity contribution in [1.82, 2.24) is 5.43 Å². The van der Waals surface area contributed by atoms with Crippen LogP contribution in [0, 0.1) is 10.1 Å². The highest BCUT2D eigenvalue weighted by Gasteiger charge is 2.30. The summed E-state index contributed by atoms with van der Waals surface area (Å²) < 4.78 is 10.6. The van der Waals surface area contributed by atoms with Crippen LogP contribution in [0.25, 0.3) is 0 Å². The third-order valence-corrected chi connectivity index (χ3v) is 6.72. The van der Waals surface area contributed by atoms with Crippen LogP contribution in [0.4, 0.5) is 11.4 Å². The van der Waals surface area contributed by atoms with Gasteiger partial charge in [-0.3, -0.25) is 19.9 Å². The number of ether oxygens (including phenoxy) is 2. The number of amides is 1. The molecule has 0 bridgehead atoms. The normalized spacial score (nSPS) is 14.5. The Labute approximate surface area is 236 Å². The van der Waals surface area contributed by atoms with Crippen molar-refractivity contribution < 1.29 is 19.2 Å². The molecule has 1 atom stereocenters. The number of para-hydroxylation sites is 1. The molecule has 0 aromatic heterocycles. The monoisotopic (exact) mass is 549 g/mol. The molecule has 0 radical (unpaired) electrons. The van der Waals surface area contributed by atoms with Crippen molar-refractivity contribution in [3.05, 3.63) is 129 Å². The van der Waals surface area contributed by atoms with Crippen LogP contribution < -0.4 is 19.9 Å². The fourth-order valence-electron chi connectivity index (χ4n) is 4.56. The average Bonchev–Trinajstić information content (AvgIpc) is 3.47. The lowest BCUT2D eigenvalue weighted by atomic mass is 9.98. The number of nitrogens with one attached hydrogen (secondary N) is 1. The summed E-state index contributed by atoms with van der Waals surface area (Å²) in [7, 11) is 3.28. The molecule has 4 aromatic carbocycles. The zero-order valence-electron chi connectivity index (χ0n) is 22.4. The Morgan fingerprint density at radius 1 is 0.951 bits per heavy atom. The van der Waals surface area contributed by atoms with Crippen LogP contribution in [-0.2, 0) is 0 Å². The lowest BCUT2D eigenvalue weighted by Gasteiger charge is -2.24. The van der Waals surface area contributed by atoms with E-state index >= 15 is 0 Å². The van der Waals surface area contributed by atoms with Crippen molar-refractivity contribution in [2.24, 2.45) is 10.2 Å². The molecule has 1 aliphatic heterocycles. The van der Waals surface area contributed by atoms with Gasteiger partial charge in [0.05, 0.1) is 42.8 Å². The van der Waals surface area contributed by atoms with E-state index in [9.17, 15) is 14.9 Å². The molecular formula is C31H27N5O5. The largest absolute Gasteiger partial charge is 0.497 e. The predicted octanol–water partition coefficient (Wildman–Crippen LogP) is 5.73. The highest BCUT2D eigenvalue weighted by Crippen LogP contribution is 2.37. The number of hydrogen-bond acceptors (Lipinski definition) is 8. The van der Waals surface area contributed by atoms with E-state index in [-0.39, 0.29) is 17.3 Å². The summed E-state index contributed by atoms with van der Waals surface area (Å²) >= 11 is 0. The van der Waals surface area contributed by atoms with E-state index in [2.05, 4.69) is 10.5 Å². The SMILES string of the molecule is COc1ccc(C2=NN(c3ccc(/C=N/NC(=O)c4ccccc4[N+](=O)[O-])cc3)C(c3ccc(OC)cc3)C2)cc1. The molecule has 5 rings (SSSR count). The van der Waals surface area contributed by atoms with Crippen molar-refractivity contribution in [2.75, 3.05) is 19.2 Å². The van der Waals surface area contributed by atoms with Gasteiger partial charge in [0.25, 0.3) is 11.6 Å². The molecule has 1 heterocycles. The number of carbonyl (C=O) groups is 1. The van der Waals surface area contributed by atoms with Gasteiger partial charge < -0.3 is 9.47 Å². The van der Waals surface area contributed by atoms with Gasteiger partial charge in [0.2, 0.25) is 0 Å². The minimum Gasteiger partial charge on any atom is -0.497 e. The molecule has 10 nitrogen and oxygen atoms in total. The number of rotatable bonds is 9. The fourth-order valence-corrected chi connectivity index (χ4v) is 4.56. The summed E-state index contributed by atoms with van der Waals surface area (Å²) in [5.41, 5.74) is 6.70. The second-order valence-corrected chi connectivity index (χ2v) is 9.18. The average molecular weight is 550 g/mol. The van der Waals surface area contributed by atoms with Crippen LogP contribution in [0.3, 0.4) is 0 Å². The van der Waals surface area contributed by atoms with Crippen LogP contribution in [0.15, 0.2) is 107 Å². The third-order valence-electron chi connectivity index (χ3n) is 6.72. The van der Waals surface area contributed by atoms with Crippen molar-refractivity contribution >= 4 is 29.2 Å². The molecule has 0 saturated heterocycles. The van der Waals surface area contributed by atoms with Gasteiger partial charge in [0.15, 0.2) is 0 Å². The van der Waals surface area contributed by atoms with Crippen molar-refractivity contribution in [1.29, 1.82) is 0 Å². The predicted molar refractivity (Wildman–Crippen MR) is 157 cm³/mol. The minimum atomic E-state index is -0.662. The molecule has 0 aliphatic carbocycles. The molecule has 206 valence electrons. The maximum atomic E-state index is 12.4. The Kier molecular flexibility index (Phi) is 8.00. The highest BCUT2D eigenvalue weighted by molar-refractivity contribution is 6.03. The summed E-state index contributed by atoms with van der Waals surface area (Å²) in [5, 5.41) is 22.2. The van der Waals surface area contributed by atoms with Crippen LogP contribution in [-0.4, -0.2) is 37.0 Å². The van der Waals surface area contributed by atoms with Crippen LogP contribution in [0.1, 0.15) is 39.5 Å². The van der Waals surface area contributed by atoms with E-state index in [4.69, 9.17) is 14.6 Å². The minimum absolute atomic E-state index is 0.0292. The van der Waals surface area contributed by atoms with E-state index in [1.807, 2.05) is 77.8 Å². The Balaban J connectivity index is 1.35.